The lowest BCUT2D eigenvalue weighted by molar-refractivity contribution is 0.414. The summed E-state index contributed by atoms with van der Waals surface area (Å²) in [5.41, 5.74) is 3.64. The van der Waals surface area contributed by atoms with Crippen LogP contribution in [0.15, 0.2) is 51.8 Å². The second kappa shape index (κ2) is 6.16. The van der Waals surface area contributed by atoms with Crippen LogP contribution in [-0.4, -0.2) is 21.2 Å². The highest BCUT2D eigenvalue weighted by Gasteiger charge is 2.20. The molecule has 0 amide bonds. The van der Waals surface area contributed by atoms with Crippen molar-refractivity contribution in [1.29, 1.82) is 0 Å². The number of ether oxygens (including phenoxy) is 1. The molecule has 23 heavy (non-hydrogen) atoms. The zero-order valence-corrected chi connectivity index (χ0v) is 14.1. The molecule has 0 bridgehead atoms. The van der Waals surface area contributed by atoms with Crippen LogP contribution in [0.25, 0.3) is 0 Å². The highest BCUT2D eigenvalue weighted by atomic mass is 32.2. The first-order valence-electron chi connectivity index (χ1n) is 7.57. The molecule has 0 fully saturated rings. The molecule has 2 aromatic rings. The molecule has 2 aromatic carbocycles. The van der Waals surface area contributed by atoms with Crippen molar-refractivity contribution in [3.63, 3.8) is 0 Å². The van der Waals surface area contributed by atoms with Crippen LogP contribution in [0.5, 0.6) is 5.75 Å². The monoisotopic (exact) mass is 329 g/mol. The van der Waals surface area contributed by atoms with Crippen LogP contribution in [0.3, 0.4) is 0 Å². The number of rotatable bonds is 3. The maximum absolute atomic E-state index is 12.6. The molecule has 0 spiro atoms. The molecule has 3 rings (SSSR count). The van der Waals surface area contributed by atoms with Gasteiger partial charge in [0.15, 0.2) is 0 Å². The highest BCUT2D eigenvalue weighted by molar-refractivity contribution is 7.90. The van der Waals surface area contributed by atoms with E-state index in [1.54, 1.807) is 31.4 Å². The highest BCUT2D eigenvalue weighted by Crippen LogP contribution is 2.27. The molecule has 0 atom stereocenters. The number of fused-ring (bicyclic) bond motifs is 1. The van der Waals surface area contributed by atoms with E-state index in [2.05, 4.69) is 4.40 Å². The number of hydrogen-bond donors (Lipinski definition) is 0. The molecule has 0 aliphatic heterocycles. The third-order valence-electron chi connectivity index (χ3n) is 4.04. The van der Waals surface area contributed by atoms with E-state index in [9.17, 15) is 8.42 Å². The average molecular weight is 329 g/mol. The summed E-state index contributed by atoms with van der Waals surface area (Å²) >= 11 is 0. The molecule has 4 nitrogen and oxygen atoms in total. The smallest absolute Gasteiger partial charge is 0.282 e. The average Bonchev–Trinajstić information content (AvgIpc) is 2.55. The van der Waals surface area contributed by atoms with E-state index in [1.807, 2.05) is 25.1 Å². The molecule has 1 aliphatic carbocycles. The number of methoxy groups -OCH3 is 1. The molecule has 0 heterocycles. The minimum absolute atomic E-state index is 0.227. The first kappa shape index (κ1) is 15.7. The predicted octanol–water partition coefficient (Wildman–Crippen LogP) is 3.52. The van der Waals surface area contributed by atoms with E-state index in [-0.39, 0.29) is 4.90 Å². The molecular weight excluding hydrogens is 310 g/mol. The summed E-state index contributed by atoms with van der Waals surface area (Å²) in [6.07, 6.45) is 2.50. The van der Waals surface area contributed by atoms with Gasteiger partial charge in [0, 0.05) is 5.56 Å². The van der Waals surface area contributed by atoms with Crippen molar-refractivity contribution < 1.29 is 13.2 Å². The van der Waals surface area contributed by atoms with Crippen molar-refractivity contribution in [2.75, 3.05) is 7.11 Å². The van der Waals surface area contributed by atoms with Gasteiger partial charge in [0.25, 0.3) is 10.0 Å². The summed E-state index contributed by atoms with van der Waals surface area (Å²) < 4.78 is 34.5. The van der Waals surface area contributed by atoms with Crippen LogP contribution >= 0.6 is 0 Å². The van der Waals surface area contributed by atoms with Crippen molar-refractivity contribution in [3.05, 3.63) is 59.2 Å². The Balaban J connectivity index is 2.05. The molecule has 0 aromatic heterocycles. The summed E-state index contributed by atoms with van der Waals surface area (Å²) in [6.45, 7) is 1.92. The Morgan fingerprint density at radius 1 is 1.04 bits per heavy atom. The lowest BCUT2D eigenvalue weighted by Crippen LogP contribution is -2.14. The molecule has 0 saturated heterocycles. The largest absolute Gasteiger partial charge is 0.497 e. The molecule has 0 N–H and O–H groups in total. The Morgan fingerprint density at radius 3 is 2.48 bits per heavy atom. The van der Waals surface area contributed by atoms with E-state index in [0.717, 1.165) is 29.5 Å². The summed E-state index contributed by atoms with van der Waals surface area (Å²) in [5.74, 6) is 0.714. The van der Waals surface area contributed by atoms with E-state index in [1.165, 1.54) is 0 Å². The van der Waals surface area contributed by atoms with Crippen molar-refractivity contribution in [1.82, 2.24) is 0 Å². The minimum atomic E-state index is -3.69. The third-order valence-corrected chi connectivity index (χ3v) is 5.37. The Labute approximate surface area is 136 Å². The quantitative estimate of drug-likeness (QED) is 0.866. The van der Waals surface area contributed by atoms with Gasteiger partial charge in [-0.05, 0) is 56.0 Å². The van der Waals surface area contributed by atoms with Gasteiger partial charge in [0.1, 0.15) is 5.75 Å². The molecule has 0 unspecified atom stereocenters. The minimum Gasteiger partial charge on any atom is -0.497 e. The van der Waals surface area contributed by atoms with E-state index in [4.69, 9.17) is 4.74 Å². The second-order valence-corrected chi connectivity index (χ2v) is 7.31. The van der Waals surface area contributed by atoms with Gasteiger partial charge in [-0.15, -0.1) is 0 Å². The van der Waals surface area contributed by atoms with E-state index >= 15 is 0 Å². The number of nitrogens with zero attached hydrogens (tertiary/aromatic N) is 1. The van der Waals surface area contributed by atoms with Crippen molar-refractivity contribution >= 4 is 15.7 Å². The molecule has 5 heteroatoms. The van der Waals surface area contributed by atoms with Crippen LogP contribution in [-0.2, 0) is 16.4 Å². The lowest BCUT2D eigenvalue weighted by Gasteiger charge is -2.18. The lowest BCUT2D eigenvalue weighted by atomic mass is 9.90. The van der Waals surface area contributed by atoms with Crippen molar-refractivity contribution in [2.45, 2.75) is 31.1 Å². The maximum Gasteiger partial charge on any atom is 0.282 e. The van der Waals surface area contributed by atoms with Crippen LogP contribution in [0.2, 0.25) is 0 Å². The van der Waals surface area contributed by atoms with Gasteiger partial charge < -0.3 is 4.74 Å². The molecular formula is C18H19NO3S. The number of aryl methyl sites for hydroxylation is 2. The van der Waals surface area contributed by atoms with Crippen LogP contribution in [0.4, 0.5) is 0 Å². The second-order valence-electron chi connectivity index (χ2n) is 5.70. The zero-order chi connectivity index (χ0) is 16.4. The van der Waals surface area contributed by atoms with Crippen molar-refractivity contribution in [2.24, 2.45) is 4.40 Å². The molecule has 120 valence electrons. The number of sulfonamides is 1. The predicted molar refractivity (Wildman–Crippen MR) is 90.8 cm³/mol. The summed E-state index contributed by atoms with van der Waals surface area (Å²) in [7, 11) is -2.09. The zero-order valence-electron chi connectivity index (χ0n) is 13.2. The fourth-order valence-corrected chi connectivity index (χ4v) is 3.82. The molecule has 0 saturated carbocycles. The number of benzene rings is 2. The Hall–Kier alpha value is -2.14. The SMILES string of the molecule is COc1ccc2c(c1)C(=NS(=O)(=O)c1ccc(C)cc1)CCC2. The summed E-state index contributed by atoms with van der Waals surface area (Å²) in [4.78, 5) is 0.227. The molecule has 0 radical (unpaired) electrons. The normalized spacial score (nSPS) is 16.2. The van der Waals surface area contributed by atoms with Crippen LogP contribution in [0.1, 0.15) is 29.5 Å². The van der Waals surface area contributed by atoms with Gasteiger partial charge in [-0.25, -0.2) is 0 Å². The van der Waals surface area contributed by atoms with E-state index < -0.39 is 10.0 Å². The maximum atomic E-state index is 12.6. The van der Waals surface area contributed by atoms with E-state index in [0.29, 0.717) is 17.9 Å². The Morgan fingerprint density at radius 2 is 1.78 bits per heavy atom. The first-order chi connectivity index (χ1) is 11.0. The topological polar surface area (TPSA) is 55.7 Å². The van der Waals surface area contributed by atoms with Crippen LogP contribution < -0.4 is 4.74 Å². The molecule has 1 aliphatic rings. The third kappa shape index (κ3) is 3.29. The Bertz CT molecular complexity index is 852. The standard InChI is InChI=1S/C18H19NO3S/c1-13-6-10-16(11-7-13)23(20,21)19-18-5-3-4-14-8-9-15(22-2)12-17(14)18/h6-12H,3-5H2,1-2H3. The Kier molecular flexibility index (Phi) is 4.22. The fraction of sp³-hybridized carbons (Fsp3) is 0.278. The summed E-state index contributed by atoms with van der Waals surface area (Å²) in [6, 6.07) is 12.5. The van der Waals surface area contributed by atoms with Gasteiger partial charge in [-0.3, -0.25) is 0 Å². The fourth-order valence-electron chi connectivity index (χ4n) is 2.75. The summed E-state index contributed by atoms with van der Waals surface area (Å²) in [5, 5.41) is 0. The van der Waals surface area contributed by atoms with Gasteiger partial charge in [0.2, 0.25) is 0 Å². The van der Waals surface area contributed by atoms with Crippen molar-refractivity contribution in [3.8, 4) is 5.75 Å². The number of hydrogen-bond acceptors (Lipinski definition) is 3. The van der Waals surface area contributed by atoms with Gasteiger partial charge in [0.05, 0.1) is 17.7 Å². The van der Waals surface area contributed by atoms with Gasteiger partial charge in [-0.1, -0.05) is 23.8 Å². The van der Waals surface area contributed by atoms with Gasteiger partial charge in [-0.2, -0.15) is 12.8 Å². The van der Waals surface area contributed by atoms with Gasteiger partial charge >= 0.3 is 0 Å². The van der Waals surface area contributed by atoms with Crippen LogP contribution in [0, 0.1) is 6.92 Å². The first-order valence-corrected chi connectivity index (χ1v) is 9.01.